The zero-order valence-electron chi connectivity index (χ0n) is 10.6. The van der Waals surface area contributed by atoms with Gasteiger partial charge in [0, 0.05) is 6.04 Å². The lowest BCUT2D eigenvalue weighted by atomic mass is 10.1. The van der Waals surface area contributed by atoms with E-state index in [9.17, 15) is 9.90 Å². The Morgan fingerprint density at radius 1 is 1.35 bits per heavy atom. The second kappa shape index (κ2) is 6.94. The van der Waals surface area contributed by atoms with Gasteiger partial charge in [0.05, 0.1) is 5.56 Å². The molecule has 0 heterocycles. The molecular weight excluding hydrogens is 214 g/mol. The number of amides is 1. The summed E-state index contributed by atoms with van der Waals surface area (Å²) in [5, 5.41) is 12.4. The van der Waals surface area contributed by atoms with Crippen molar-refractivity contribution in [2.75, 3.05) is 0 Å². The van der Waals surface area contributed by atoms with Gasteiger partial charge in [-0.2, -0.15) is 0 Å². The molecule has 0 fully saturated rings. The third-order valence-electron chi connectivity index (χ3n) is 2.77. The summed E-state index contributed by atoms with van der Waals surface area (Å²) in [7, 11) is 0. The lowest BCUT2D eigenvalue weighted by Crippen LogP contribution is -2.32. The van der Waals surface area contributed by atoms with Crippen LogP contribution in [0, 0.1) is 0 Å². The molecule has 1 aromatic rings. The molecule has 2 N–H and O–H groups in total. The molecule has 94 valence electrons. The van der Waals surface area contributed by atoms with Crippen LogP contribution in [0.2, 0.25) is 0 Å². The van der Waals surface area contributed by atoms with Crippen LogP contribution in [0.1, 0.15) is 49.9 Å². The first-order valence-electron chi connectivity index (χ1n) is 6.24. The Morgan fingerprint density at radius 2 is 2.06 bits per heavy atom. The first kappa shape index (κ1) is 13.6. The van der Waals surface area contributed by atoms with E-state index in [4.69, 9.17) is 0 Å². The fraction of sp³-hybridized carbons (Fsp3) is 0.500. The normalized spacial score (nSPS) is 12.1. The average molecular weight is 235 g/mol. The molecule has 3 nitrogen and oxygen atoms in total. The van der Waals surface area contributed by atoms with E-state index < -0.39 is 0 Å². The minimum atomic E-state index is -0.202. The van der Waals surface area contributed by atoms with Gasteiger partial charge < -0.3 is 10.4 Å². The monoisotopic (exact) mass is 235 g/mol. The van der Waals surface area contributed by atoms with Gasteiger partial charge in [0.15, 0.2) is 0 Å². The molecule has 0 saturated carbocycles. The molecule has 17 heavy (non-hydrogen) atoms. The Kier molecular flexibility index (Phi) is 5.53. The van der Waals surface area contributed by atoms with E-state index in [0.29, 0.717) is 5.56 Å². The van der Waals surface area contributed by atoms with Crippen LogP contribution in [-0.4, -0.2) is 17.1 Å². The Bertz CT molecular complexity index is 363. The van der Waals surface area contributed by atoms with Crippen molar-refractivity contribution in [3.05, 3.63) is 29.8 Å². The van der Waals surface area contributed by atoms with Crippen LogP contribution in [0.15, 0.2) is 24.3 Å². The van der Waals surface area contributed by atoms with Crippen molar-refractivity contribution < 1.29 is 9.90 Å². The molecule has 0 radical (unpaired) electrons. The highest BCUT2D eigenvalue weighted by atomic mass is 16.3. The molecule has 0 bridgehead atoms. The molecule has 0 unspecified atom stereocenters. The van der Waals surface area contributed by atoms with Crippen molar-refractivity contribution in [1.29, 1.82) is 0 Å². The summed E-state index contributed by atoms with van der Waals surface area (Å²) >= 11 is 0. The molecule has 0 spiro atoms. The molecule has 3 heteroatoms. The van der Waals surface area contributed by atoms with Crippen molar-refractivity contribution in [3.63, 3.8) is 0 Å². The average Bonchev–Trinajstić information content (AvgIpc) is 2.29. The highest BCUT2D eigenvalue weighted by Gasteiger charge is 2.12. The number of hydrogen-bond acceptors (Lipinski definition) is 2. The van der Waals surface area contributed by atoms with Crippen LogP contribution in [0.25, 0.3) is 0 Å². The molecule has 1 amide bonds. The molecule has 1 rings (SSSR count). The van der Waals surface area contributed by atoms with Gasteiger partial charge in [-0.1, -0.05) is 38.3 Å². The molecule has 0 aliphatic heterocycles. The summed E-state index contributed by atoms with van der Waals surface area (Å²) in [6.45, 7) is 4.15. The second-order valence-electron chi connectivity index (χ2n) is 4.39. The minimum absolute atomic E-state index is 0.0331. The number of carbonyl (C=O) groups excluding carboxylic acids is 1. The number of unbranched alkanes of at least 4 members (excludes halogenated alkanes) is 2. The van der Waals surface area contributed by atoms with Gasteiger partial charge in [0.25, 0.3) is 5.91 Å². The molecule has 0 aliphatic carbocycles. The van der Waals surface area contributed by atoms with Crippen LogP contribution in [0.3, 0.4) is 0 Å². The fourth-order valence-electron chi connectivity index (χ4n) is 1.74. The maximum absolute atomic E-state index is 11.8. The Balaban J connectivity index is 2.46. The Hall–Kier alpha value is -1.51. The summed E-state index contributed by atoms with van der Waals surface area (Å²) in [6, 6.07) is 6.75. The number of rotatable bonds is 6. The minimum Gasteiger partial charge on any atom is -0.507 e. The molecule has 0 aliphatic rings. The molecular formula is C14H21NO2. The number of phenols is 1. The van der Waals surface area contributed by atoms with Crippen LogP contribution in [0.4, 0.5) is 0 Å². The number of carbonyl (C=O) groups is 1. The fourth-order valence-corrected chi connectivity index (χ4v) is 1.74. The lowest BCUT2D eigenvalue weighted by molar-refractivity contribution is 0.0935. The molecule has 0 saturated heterocycles. The third-order valence-corrected chi connectivity index (χ3v) is 2.77. The van der Waals surface area contributed by atoms with E-state index in [0.717, 1.165) is 12.8 Å². The maximum atomic E-state index is 11.8. The van der Waals surface area contributed by atoms with E-state index in [1.54, 1.807) is 18.2 Å². The van der Waals surface area contributed by atoms with Crippen LogP contribution >= 0.6 is 0 Å². The summed E-state index contributed by atoms with van der Waals surface area (Å²) in [4.78, 5) is 11.8. The zero-order valence-corrected chi connectivity index (χ0v) is 10.6. The van der Waals surface area contributed by atoms with E-state index in [2.05, 4.69) is 12.2 Å². The first-order chi connectivity index (χ1) is 8.15. The quantitative estimate of drug-likeness (QED) is 0.744. The van der Waals surface area contributed by atoms with Gasteiger partial charge in [-0.25, -0.2) is 0 Å². The van der Waals surface area contributed by atoms with Crippen molar-refractivity contribution in [3.8, 4) is 5.75 Å². The Labute approximate surface area is 103 Å². The van der Waals surface area contributed by atoms with Gasteiger partial charge >= 0.3 is 0 Å². The number of hydrogen-bond donors (Lipinski definition) is 2. The van der Waals surface area contributed by atoms with Gasteiger partial charge in [0.1, 0.15) is 5.75 Å². The molecule has 0 aromatic heterocycles. The van der Waals surface area contributed by atoms with Gasteiger partial charge in [0.2, 0.25) is 0 Å². The van der Waals surface area contributed by atoms with Crippen molar-refractivity contribution >= 4 is 5.91 Å². The topological polar surface area (TPSA) is 49.3 Å². The van der Waals surface area contributed by atoms with E-state index >= 15 is 0 Å². The van der Waals surface area contributed by atoms with Crippen molar-refractivity contribution in [1.82, 2.24) is 5.32 Å². The predicted octanol–water partition coefficient (Wildman–Crippen LogP) is 3.09. The molecule has 1 atom stereocenters. The number of para-hydroxylation sites is 1. The van der Waals surface area contributed by atoms with Crippen LogP contribution < -0.4 is 5.32 Å². The SMILES string of the molecule is CCCCC[C@@H](C)NC(=O)c1ccccc1O. The van der Waals surface area contributed by atoms with Crippen LogP contribution in [-0.2, 0) is 0 Å². The molecule has 1 aromatic carbocycles. The maximum Gasteiger partial charge on any atom is 0.255 e. The highest BCUT2D eigenvalue weighted by Crippen LogP contribution is 2.15. The predicted molar refractivity (Wildman–Crippen MR) is 69.2 cm³/mol. The van der Waals surface area contributed by atoms with E-state index in [1.807, 2.05) is 6.92 Å². The largest absolute Gasteiger partial charge is 0.507 e. The number of aromatic hydroxyl groups is 1. The standard InChI is InChI=1S/C14H21NO2/c1-3-4-5-8-11(2)15-14(17)12-9-6-7-10-13(12)16/h6-7,9-11,16H,3-5,8H2,1-2H3,(H,15,17)/t11-/m1/s1. The second-order valence-corrected chi connectivity index (χ2v) is 4.39. The number of phenolic OH excluding ortho intramolecular Hbond substituents is 1. The summed E-state index contributed by atoms with van der Waals surface area (Å²) in [5.41, 5.74) is 0.342. The summed E-state index contributed by atoms with van der Waals surface area (Å²) in [5.74, 6) is -0.169. The smallest absolute Gasteiger partial charge is 0.255 e. The lowest BCUT2D eigenvalue weighted by Gasteiger charge is -2.14. The van der Waals surface area contributed by atoms with E-state index in [-0.39, 0.29) is 17.7 Å². The summed E-state index contributed by atoms with van der Waals surface area (Å²) in [6.07, 6.45) is 4.48. The number of benzene rings is 1. The van der Waals surface area contributed by atoms with Gasteiger partial charge in [-0.05, 0) is 25.5 Å². The first-order valence-corrected chi connectivity index (χ1v) is 6.24. The third kappa shape index (κ3) is 4.47. The Morgan fingerprint density at radius 3 is 2.71 bits per heavy atom. The van der Waals surface area contributed by atoms with Crippen molar-refractivity contribution in [2.24, 2.45) is 0 Å². The van der Waals surface area contributed by atoms with E-state index in [1.165, 1.54) is 18.9 Å². The zero-order chi connectivity index (χ0) is 12.7. The van der Waals surface area contributed by atoms with Gasteiger partial charge in [-0.3, -0.25) is 4.79 Å². The summed E-state index contributed by atoms with van der Waals surface area (Å²) < 4.78 is 0. The van der Waals surface area contributed by atoms with Gasteiger partial charge in [-0.15, -0.1) is 0 Å². The van der Waals surface area contributed by atoms with Crippen LogP contribution in [0.5, 0.6) is 5.75 Å². The van der Waals surface area contributed by atoms with Crippen molar-refractivity contribution in [2.45, 2.75) is 45.6 Å². The number of nitrogens with one attached hydrogen (secondary N) is 1. The highest BCUT2D eigenvalue weighted by molar-refractivity contribution is 5.96.